The lowest BCUT2D eigenvalue weighted by molar-refractivity contribution is 1.15. The van der Waals surface area contributed by atoms with Crippen LogP contribution in [0.2, 0.25) is 5.02 Å². The van der Waals surface area contributed by atoms with Crippen molar-refractivity contribution in [1.82, 2.24) is 15.0 Å². The number of rotatable bonds is 4. The Balaban J connectivity index is 1.95. The molecule has 5 nitrogen and oxygen atoms in total. The summed E-state index contributed by atoms with van der Waals surface area (Å²) >= 11 is 5.90. The molecule has 0 aliphatic rings. The van der Waals surface area contributed by atoms with Crippen molar-refractivity contribution in [1.29, 1.82) is 0 Å². The second-order valence-corrected chi connectivity index (χ2v) is 5.02. The summed E-state index contributed by atoms with van der Waals surface area (Å²) in [6, 6.07) is 13.2. The quantitative estimate of drug-likeness (QED) is 0.763. The van der Waals surface area contributed by atoms with E-state index in [1.54, 1.807) is 19.4 Å². The van der Waals surface area contributed by atoms with Crippen LogP contribution in [0.1, 0.15) is 0 Å². The fourth-order valence-corrected chi connectivity index (χ4v) is 2.09. The lowest BCUT2D eigenvalue weighted by Crippen LogP contribution is -2.02. The monoisotopic (exact) mass is 311 g/mol. The lowest BCUT2D eigenvalue weighted by atomic mass is 10.2. The molecule has 0 radical (unpaired) electrons. The van der Waals surface area contributed by atoms with Gasteiger partial charge in [0, 0.05) is 41.8 Å². The molecule has 2 heterocycles. The van der Waals surface area contributed by atoms with Gasteiger partial charge in [-0.15, -0.1) is 0 Å². The van der Waals surface area contributed by atoms with E-state index < -0.39 is 0 Å². The van der Waals surface area contributed by atoms with Crippen LogP contribution in [-0.2, 0) is 0 Å². The predicted octanol–water partition coefficient (Wildman–Crippen LogP) is 3.98. The Morgan fingerprint density at radius 2 is 1.86 bits per heavy atom. The lowest BCUT2D eigenvalue weighted by Gasteiger charge is -2.10. The van der Waals surface area contributed by atoms with Crippen molar-refractivity contribution in [3.8, 4) is 11.3 Å². The molecule has 0 saturated heterocycles. The summed E-state index contributed by atoms with van der Waals surface area (Å²) in [4.78, 5) is 13.0. The summed E-state index contributed by atoms with van der Waals surface area (Å²) in [6.45, 7) is 0. The van der Waals surface area contributed by atoms with Crippen molar-refractivity contribution in [3.05, 3.63) is 59.9 Å². The third-order valence-electron chi connectivity index (χ3n) is 3.02. The first-order chi connectivity index (χ1) is 10.7. The van der Waals surface area contributed by atoms with Gasteiger partial charge in [-0.3, -0.25) is 4.98 Å². The molecular formula is C16H14ClN5. The molecule has 110 valence electrons. The van der Waals surface area contributed by atoms with Crippen LogP contribution in [0.15, 0.2) is 54.9 Å². The number of nitrogens with zero attached hydrogens (tertiary/aromatic N) is 3. The molecule has 0 spiro atoms. The van der Waals surface area contributed by atoms with Gasteiger partial charge < -0.3 is 10.6 Å². The van der Waals surface area contributed by atoms with E-state index in [9.17, 15) is 0 Å². The van der Waals surface area contributed by atoms with Crippen LogP contribution in [-0.4, -0.2) is 22.0 Å². The molecule has 0 unspecified atom stereocenters. The molecule has 0 aliphatic heterocycles. The molecule has 1 aromatic carbocycles. The second-order valence-electron chi connectivity index (χ2n) is 4.59. The number of halogens is 1. The van der Waals surface area contributed by atoms with Gasteiger partial charge in [-0.2, -0.15) is 4.98 Å². The Morgan fingerprint density at radius 1 is 1.05 bits per heavy atom. The van der Waals surface area contributed by atoms with Crippen LogP contribution in [0.25, 0.3) is 11.3 Å². The Hall–Kier alpha value is -2.66. The maximum Gasteiger partial charge on any atom is 0.224 e. The van der Waals surface area contributed by atoms with Crippen molar-refractivity contribution < 1.29 is 0 Å². The molecule has 22 heavy (non-hydrogen) atoms. The summed E-state index contributed by atoms with van der Waals surface area (Å²) in [5.41, 5.74) is 2.63. The molecule has 6 heteroatoms. The summed E-state index contributed by atoms with van der Waals surface area (Å²) in [6.07, 6.45) is 3.50. The van der Waals surface area contributed by atoms with Crippen LogP contribution in [0.3, 0.4) is 0 Å². The minimum absolute atomic E-state index is 0.540. The Labute approximate surface area is 133 Å². The van der Waals surface area contributed by atoms with Crippen molar-refractivity contribution in [3.63, 3.8) is 0 Å². The van der Waals surface area contributed by atoms with Gasteiger partial charge in [0.15, 0.2) is 0 Å². The SMILES string of the molecule is CNc1nc(Nc2ccc(Cl)cc2)cc(-c2cccnc2)n1. The number of anilines is 3. The van der Waals surface area contributed by atoms with E-state index in [1.165, 1.54) is 0 Å². The predicted molar refractivity (Wildman–Crippen MR) is 89.5 cm³/mol. The topological polar surface area (TPSA) is 62.7 Å². The van der Waals surface area contributed by atoms with Crippen LogP contribution in [0.5, 0.6) is 0 Å². The van der Waals surface area contributed by atoms with Crippen molar-refractivity contribution in [2.45, 2.75) is 0 Å². The van der Waals surface area contributed by atoms with Gasteiger partial charge in [-0.25, -0.2) is 4.98 Å². The van der Waals surface area contributed by atoms with E-state index in [1.807, 2.05) is 42.5 Å². The molecule has 2 aromatic heterocycles. The maximum absolute atomic E-state index is 5.90. The van der Waals surface area contributed by atoms with Crippen molar-refractivity contribution in [2.24, 2.45) is 0 Å². The van der Waals surface area contributed by atoms with Gasteiger partial charge in [0.05, 0.1) is 5.69 Å². The smallest absolute Gasteiger partial charge is 0.224 e. The zero-order valence-electron chi connectivity index (χ0n) is 11.9. The molecule has 0 fully saturated rings. The number of aromatic nitrogens is 3. The minimum atomic E-state index is 0.540. The zero-order valence-corrected chi connectivity index (χ0v) is 12.7. The molecule has 0 atom stereocenters. The van der Waals surface area contributed by atoms with E-state index in [4.69, 9.17) is 11.6 Å². The van der Waals surface area contributed by atoms with E-state index >= 15 is 0 Å². The average molecular weight is 312 g/mol. The fraction of sp³-hybridized carbons (Fsp3) is 0.0625. The highest BCUT2D eigenvalue weighted by Gasteiger charge is 2.06. The van der Waals surface area contributed by atoms with Gasteiger partial charge in [-0.05, 0) is 36.4 Å². The number of hydrogen-bond donors (Lipinski definition) is 2. The first-order valence-electron chi connectivity index (χ1n) is 6.74. The van der Waals surface area contributed by atoms with Crippen LogP contribution >= 0.6 is 11.6 Å². The highest BCUT2D eigenvalue weighted by atomic mass is 35.5. The molecule has 0 amide bonds. The maximum atomic E-state index is 5.90. The number of hydrogen-bond acceptors (Lipinski definition) is 5. The average Bonchev–Trinajstić information content (AvgIpc) is 2.57. The summed E-state index contributed by atoms with van der Waals surface area (Å²) < 4.78 is 0. The van der Waals surface area contributed by atoms with E-state index in [0.29, 0.717) is 16.8 Å². The van der Waals surface area contributed by atoms with Gasteiger partial charge in [0.2, 0.25) is 5.95 Å². The van der Waals surface area contributed by atoms with Gasteiger partial charge in [0.1, 0.15) is 5.82 Å². The van der Waals surface area contributed by atoms with Gasteiger partial charge >= 0.3 is 0 Å². The van der Waals surface area contributed by atoms with Crippen molar-refractivity contribution >= 4 is 29.1 Å². The number of benzene rings is 1. The standard InChI is InChI=1S/C16H14ClN5/c1-18-16-21-14(11-3-2-8-19-10-11)9-15(22-16)20-13-6-4-12(17)5-7-13/h2-10H,1H3,(H2,18,20,21,22). The normalized spacial score (nSPS) is 10.3. The summed E-state index contributed by atoms with van der Waals surface area (Å²) in [7, 11) is 1.79. The summed E-state index contributed by atoms with van der Waals surface area (Å²) in [5.74, 6) is 1.23. The number of nitrogens with one attached hydrogen (secondary N) is 2. The minimum Gasteiger partial charge on any atom is -0.357 e. The summed E-state index contributed by atoms with van der Waals surface area (Å²) in [5, 5.41) is 6.91. The fourth-order valence-electron chi connectivity index (χ4n) is 1.97. The van der Waals surface area contributed by atoms with E-state index in [-0.39, 0.29) is 0 Å². The Bertz CT molecular complexity index is 759. The zero-order chi connectivity index (χ0) is 15.4. The molecule has 2 N–H and O–H groups in total. The molecule has 0 saturated carbocycles. The molecule has 0 aliphatic carbocycles. The Morgan fingerprint density at radius 3 is 2.55 bits per heavy atom. The highest BCUT2D eigenvalue weighted by molar-refractivity contribution is 6.30. The number of pyridine rings is 1. The molecule has 3 aromatic rings. The van der Waals surface area contributed by atoms with Crippen LogP contribution in [0.4, 0.5) is 17.5 Å². The first-order valence-corrected chi connectivity index (χ1v) is 7.12. The molecule has 3 rings (SSSR count). The largest absolute Gasteiger partial charge is 0.357 e. The van der Waals surface area contributed by atoms with Crippen molar-refractivity contribution in [2.75, 3.05) is 17.7 Å². The van der Waals surface area contributed by atoms with Gasteiger partial charge in [-0.1, -0.05) is 11.6 Å². The third-order valence-corrected chi connectivity index (χ3v) is 3.28. The van der Waals surface area contributed by atoms with E-state index in [0.717, 1.165) is 16.9 Å². The first kappa shape index (κ1) is 14.3. The third kappa shape index (κ3) is 3.32. The van der Waals surface area contributed by atoms with Crippen LogP contribution < -0.4 is 10.6 Å². The highest BCUT2D eigenvalue weighted by Crippen LogP contribution is 2.23. The van der Waals surface area contributed by atoms with Crippen LogP contribution in [0, 0.1) is 0 Å². The van der Waals surface area contributed by atoms with E-state index in [2.05, 4.69) is 25.6 Å². The van der Waals surface area contributed by atoms with Gasteiger partial charge in [0.25, 0.3) is 0 Å². The Kier molecular flexibility index (Phi) is 4.16. The molecular weight excluding hydrogens is 298 g/mol. The molecule has 0 bridgehead atoms. The second kappa shape index (κ2) is 6.41.